The number of nitrogens with one attached hydrogen (secondary N) is 1. The molecule has 3 heteroatoms. The van der Waals surface area contributed by atoms with Gasteiger partial charge in [0.2, 0.25) is 5.91 Å². The van der Waals surface area contributed by atoms with Gasteiger partial charge in [-0.15, -0.1) is 0 Å². The van der Waals surface area contributed by atoms with E-state index in [1.54, 1.807) is 11.3 Å². The van der Waals surface area contributed by atoms with Crippen molar-refractivity contribution in [3.05, 3.63) is 22.4 Å². The highest BCUT2D eigenvalue weighted by molar-refractivity contribution is 7.08. The van der Waals surface area contributed by atoms with Gasteiger partial charge in [-0.2, -0.15) is 11.3 Å². The van der Waals surface area contributed by atoms with Crippen molar-refractivity contribution in [2.45, 2.75) is 51.9 Å². The third-order valence-corrected chi connectivity index (χ3v) is 4.65. The fourth-order valence-electron chi connectivity index (χ4n) is 2.70. The smallest absolute Gasteiger partial charge is 0.225 e. The molecule has 0 aliphatic heterocycles. The quantitative estimate of drug-likeness (QED) is 0.886. The van der Waals surface area contributed by atoms with E-state index in [0.29, 0.717) is 0 Å². The molecule has 1 N–H and O–H groups in total. The largest absolute Gasteiger partial charge is 0.355 e. The molecule has 1 aromatic rings. The molecule has 1 aromatic heterocycles. The summed E-state index contributed by atoms with van der Waals surface area (Å²) in [6.07, 6.45) is 4.96. The molecule has 0 radical (unpaired) electrons. The lowest BCUT2D eigenvalue weighted by molar-refractivity contribution is -0.128. The molecule has 1 saturated carbocycles. The number of carbonyl (C=O) groups excluding carboxylic acids is 1. The molecule has 0 bridgehead atoms. The molecule has 1 heterocycles. The molecule has 0 spiro atoms. The lowest BCUT2D eigenvalue weighted by atomic mass is 9.80. The van der Waals surface area contributed by atoms with Gasteiger partial charge in [0.1, 0.15) is 0 Å². The summed E-state index contributed by atoms with van der Waals surface area (Å²) in [7, 11) is 0. The number of thiophene rings is 1. The molecule has 0 saturated heterocycles. The van der Waals surface area contributed by atoms with Gasteiger partial charge in [-0.3, -0.25) is 4.79 Å². The molecule has 0 unspecified atom stereocenters. The van der Waals surface area contributed by atoms with Crippen LogP contribution in [0.3, 0.4) is 0 Å². The van der Waals surface area contributed by atoms with Crippen LogP contribution in [0, 0.1) is 5.41 Å². The monoisotopic (exact) mass is 265 g/mol. The Morgan fingerprint density at radius 3 is 2.56 bits per heavy atom. The summed E-state index contributed by atoms with van der Waals surface area (Å²) in [5, 5.41) is 7.54. The fourth-order valence-corrected chi connectivity index (χ4v) is 3.48. The van der Waals surface area contributed by atoms with E-state index in [-0.39, 0.29) is 16.7 Å². The molecular weight excluding hydrogens is 242 g/mol. The van der Waals surface area contributed by atoms with Gasteiger partial charge in [-0.25, -0.2) is 0 Å². The van der Waals surface area contributed by atoms with Gasteiger partial charge in [0, 0.05) is 17.4 Å². The van der Waals surface area contributed by atoms with E-state index in [9.17, 15) is 4.79 Å². The highest BCUT2D eigenvalue weighted by Crippen LogP contribution is 2.41. The zero-order chi connectivity index (χ0) is 13.2. The Kier molecular flexibility index (Phi) is 3.81. The van der Waals surface area contributed by atoms with Crippen LogP contribution >= 0.6 is 11.3 Å². The van der Waals surface area contributed by atoms with E-state index in [4.69, 9.17) is 0 Å². The molecule has 1 aliphatic carbocycles. The maximum absolute atomic E-state index is 12.0. The topological polar surface area (TPSA) is 29.1 Å². The van der Waals surface area contributed by atoms with Gasteiger partial charge >= 0.3 is 0 Å². The first kappa shape index (κ1) is 13.6. The van der Waals surface area contributed by atoms with Crippen molar-refractivity contribution in [2.75, 3.05) is 6.54 Å². The van der Waals surface area contributed by atoms with Crippen LogP contribution in [0.25, 0.3) is 0 Å². The third kappa shape index (κ3) is 2.77. The van der Waals surface area contributed by atoms with Crippen LogP contribution in [0.5, 0.6) is 0 Å². The summed E-state index contributed by atoms with van der Waals surface area (Å²) in [5.41, 5.74) is 1.31. The Balaban J connectivity index is 2.07. The van der Waals surface area contributed by atoms with Crippen molar-refractivity contribution in [3.8, 4) is 0 Å². The summed E-state index contributed by atoms with van der Waals surface area (Å²) in [5.74, 6) is 0.156. The number of carbonyl (C=O) groups is 1. The minimum atomic E-state index is -0.297. The molecule has 0 atom stereocenters. The van der Waals surface area contributed by atoms with Crippen LogP contribution in [-0.2, 0) is 10.2 Å². The second-order valence-electron chi connectivity index (χ2n) is 6.43. The molecule has 2 nitrogen and oxygen atoms in total. The van der Waals surface area contributed by atoms with E-state index in [0.717, 1.165) is 6.54 Å². The maximum atomic E-state index is 12.0. The van der Waals surface area contributed by atoms with E-state index < -0.39 is 0 Å². The average Bonchev–Trinajstić information content (AvgIpc) is 2.95. The average molecular weight is 265 g/mol. The van der Waals surface area contributed by atoms with Crippen LogP contribution in [0.2, 0.25) is 0 Å². The van der Waals surface area contributed by atoms with Crippen molar-refractivity contribution in [3.63, 3.8) is 0 Å². The highest BCUT2D eigenvalue weighted by atomic mass is 32.1. The predicted molar refractivity (Wildman–Crippen MR) is 76.9 cm³/mol. The van der Waals surface area contributed by atoms with E-state index in [1.807, 2.05) is 20.8 Å². The Labute approximate surface area is 114 Å². The van der Waals surface area contributed by atoms with Crippen LogP contribution in [-0.4, -0.2) is 12.5 Å². The van der Waals surface area contributed by atoms with Crippen molar-refractivity contribution in [1.82, 2.24) is 5.32 Å². The highest BCUT2D eigenvalue weighted by Gasteiger charge is 2.37. The van der Waals surface area contributed by atoms with Gasteiger partial charge in [-0.05, 0) is 35.2 Å². The van der Waals surface area contributed by atoms with Crippen molar-refractivity contribution >= 4 is 17.2 Å². The second-order valence-corrected chi connectivity index (χ2v) is 7.21. The third-order valence-electron chi connectivity index (χ3n) is 3.96. The molecule has 2 rings (SSSR count). The first-order valence-electron chi connectivity index (χ1n) is 6.75. The zero-order valence-corrected chi connectivity index (χ0v) is 12.4. The van der Waals surface area contributed by atoms with E-state index >= 15 is 0 Å². The maximum Gasteiger partial charge on any atom is 0.225 e. The molecule has 18 heavy (non-hydrogen) atoms. The lowest BCUT2D eigenvalue weighted by Gasteiger charge is -2.30. The summed E-state index contributed by atoms with van der Waals surface area (Å²) < 4.78 is 0. The summed E-state index contributed by atoms with van der Waals surface area (Å²) in [6.45, 7) is 6.69. The van der Waals surface area contributed by atoms with Crippen LogP contribution in [0.4, 0.5) is 0 Å². The normalized spacial score (nSPS) is 18.8. The Morgan fingerprint density at radius 1 is 1.39 bits per heavy atom. The first-order valence-corrected chi connectivity index (χ1v) is 7.69. The molecule has 1 aliphatic rings. The van der Waals surface area contributed by atoms with Crippen molar-refractivity contribution < 1.29 is 4.79 Å². The standard InChI is InChI=1S/C15H23NOS/c1-14(2,3)13(17)16-11-15(7-4-5-8-15)12-6-9-18-10-12/h6,9-10H,4-5,7-8,11H2,1-3H3,(H,16,17). The number of rotatable bonds is 3. The van der Waals surface area contributed by atoms with Gasteiger partial charge in [0.05, 0.1) is 0 Å². The summed E-state index contributed by atoms with van der Waals surface area (Å²) >= 11 is 1.75. The molecule has 0 aromatic carbocycles. The van der Waals surface area contributed by atoms with Gasteiger partial charge in [-0.1, -0.05) is 33.6 Å². The number of amides is 1. The SMILES string of the molecule is CC(C)(C)C(=O)NCC1(c2ccsc2)CCCC1. The van der Waals surface area contributed by atoms with Crippen molar-refractivity contribution in [2.24, 2.45) is 5.41 Å². The number of hydrogen-bond acceptors (Lipinski definition) is 2. The second kappa shape index (κ2) is 5.04. The fraction of sp³-hybridized carbons (Fsp3) is 0.667. The Morgan fingerprint density at radius 2 is 2.06 bits per heavy atom. The van der Waals surface area contributed by atoms with E-state index in [1.165, 1.54) is 31.2 Å². The Bertz CT molecular complexity index is 397. The van der Waals surface area contributed by atoms with Gasteiger partial charge in [0.25, 0.3) is 0 Å². The minimum absolute atomic E-state index is 0.156. The molecule has 1 amide bonds. The van der Waals surface area contributed by atoms with Crippen LogP contribution in [0.15, 0.2) is 16.8 Å². The number of hydrogen-bond donors (Lipinski definition) is 1. The molecular formula is C15H23NOS. The first-order chi connectivity index (χ1) is 8.44. The van der Waals surface area contributed by atoms with Crippen LogP contribution in [0.1, 0.15) is 52.0 Å². The summed E-state index contributed by atoms with van der Waals surface area (Å²) in [6, 6.07) is 2.22. The molecule has 100 valence electrons. The summed E-state index contributed by atoms with van der Waals surface area (Å²) in [4.78, 5) is 12.0. The predicted octanol–water partition coefficient (Wildman–Crippen LogP) is 3.72. The lowest BCUT2D eigenvalue weighted by Crippen LogP contribution is -2.43. The Hall–Kier alpha value is -0.830. The zero-order valence-electron chi connectivity index (χ0n) is 11.6. The molecule has 1 fully saturated rings. The van der Waals surface area contributed by atoms with Gasteiger partial charge < -0.3 is 5.32 Å². The van der Waals surface area contributed by atoms with E-state index in [2.05, 4.69) is 22.1 Å². The van der Waals surface area contributed by atoms with Gasteiger partial charge in [0.15, 0.2) is 0 Å². The van der Waals surface area contributed by atoms with Crippen LogP contribution < -0.4 is 5.32 Å². The minimum Gasteiger partial charge on any atom is -0.355 e. The van der Waals surface area contributed by atoms with Crippen molar-refractivity contribution in [1.29, 1.82) is 0 Å².